The van der Waals surface area contributed by atoms with E-state index >= 15 is 0 Å². The summed E-state index contributed by atoms with van der Waals surface area (Å²) >= 11 is 0. The fourth-order valence-corrected chi connectivity index (χ4v) is 3.02. The van der Waals surface area contributed by atoms with Crippen LogP contribution in [0.1, 0.15) is 10.4 Å². The Hall–Kier alpha value is -3.81. The van der Waals surface area contributed by atoms with Gasteiger partial charge in [-0.05, 0) is 35.4 Å². The van der Waals surface area contributed by atoms with E-state index in [1.54, 1.807) is 36.4 Å². The number of imidazole rings is 1. The zero-order chi connectivity index (χ0) is 20.6. The third-order valence-electron chi connectivity index (χ3n) is 4.33. The van der Waals surface area contributed by atoms with Crippen LogP contribution >= 0.6 is 0 Å². The van der Waals surface area contributed by atoms with Crippen molar-refractivity contribution in [3.63, 3.8) is 0 Å². The molecular weight excluding hydrogens is 385 g/mol. The van der Waals surface area contributed by atoms with Crippen LogP contribution in [0.5, 0.6) is 5.75 Å². The number of halogens is 3. The molecule has 8 heteroatoms. The number of hydrogen-bond acceptors (Lipinski definition) is 3. The third-order valence-corrected chi connectivity index (χ3v) is 4.33. The topological polar surface area (TPSA) is 75.2 Å². The summed E-state index contributed by atoms with van der Waals surface area (Å²) < 4.78 is 40.6. The normalized spacial score (nSPS) is 11.6. The van der Waals surface area contributed by atoms with Gasteiger partial charge in [0.1, 0.15) is 11.6 Å². The predicted octanol–water partition coefficient (Wildman–Crippen LogP) is 5.49. The molecular formula is C21H13F3N2O3. The summed E-state index contributed by atoms with van der Waals surface area (Å²) in [6.45, 7) is 0. The number of ether oxygens (including phenoxy) is 1. The Bertz CT molecular complexity index is 1180. The number of aromatic amines is 1. The molecule has 5 nitrogen and oxygen atoms in total. The molecule has 0 saturated heterocycles. The maximum atomic E-state index is 12.3. The molecule has 0 atom stereocenters. The Balaban J connectivity index is 1.60. The highest BCUT2D eigenvalue weighted by Crippen LogP contribution is 2.29. The Labute approximate surface area is 162 Å². The van der Waals surface area contributed by atoms with Gasteiger partial charge in [-0.2, -0.15) is 0 Å². The minimum atomic E-state index is -4.73. The molecule has 0 aliphatic heterocycles. The lowest BCUT2D eigenvalue weighted by Gasteiger charge is -2.09. The van der Waals surface area contributed by atoms with Crippen LogP contribution in [0.4, 0.5) is 13.2 Å². The van der Waals surface area contributed by atoms with E-state index in [-0.39, 0.29) is 11.3 Å². The highest BCUT2D eigenvalue weighted by molar-refractivity contribution is 6.01. The number of hydrogen-bond donors (Lipinski definition) is 2. The van der Waals surface area contributed by atoms with Gasteiger partial charge in [0.2, 0.25) is 0 Å². The summed E-state index contributed by atoms with van der Waals surface area (Å²) in [6, 6.07) is 17.6. The zero-order valence-corrected chi connectivity index (χ0v) is 14.7. The Kier molecular flexibility index (Phi) is 4.46. The lowest BCUT2D eigenvalue weighted by molar-refractivity contribution is -0.274. The summed E-state index contributed by atoms with van der Waals surface area (Å²) in [5.74, 6) is -0.803. The quantitative estimate of drug-likeness (QED) is 0.476. The fourth-order valence-electron chi connectivity index (χ4n) is 3.02. The largest absolute Gasteiger partial charge is 0.573 e. The summed E-state index contributed by atoms with van der Waals surface area (Å²) in [5, 5.41) is 9.29. The first-order chi connectivity index (χ1) is 13.8. The zero-order valence-electron chi connectivity index (χ0n) is 14.7. The minimum absolute atomic E-state index is 0.138. The maximum absolute atomic E-state index is 12.3. The number of alkyl halides is 3. The monoisotopic (exact) mass is 398 g/mol. The molecule has 0 bridgehead atoms. The van der Waals surface area contributed by atoms with Gasteiger partial charge in [-0.1, -0.05) is 42.5 Å². The molecule has 146 valence electrons. The first-order valence-electron chi connectivity index (χ1n) is 8.49. The predicted molar refractivity (Wildman–Crippen MR) is 101 cm³/mol. The molecule has 0 aliphatic rings. The SMILES string of the molecule is O=C(O)c1cccc2nc(-c3ccc(-c4ccc(OC(F)(F)F)cc4)cc3)[nH]c12. The van der Waals surface area contributed by atoms with Crippen molar-refractivity contribution in [1.29, 1.82) is 0 Å². The first-order valence-corrected chi connectivity index (χ1v) is 8.49. The van der Waals surface area contributed by atoms with Gasteiger partial charge >= 0.3 is 12.3 Å². The average molecular weight is 398 g/mol. The average Bonchev–Trinajstić information content (AvgIpc) is 3.11. The number of benzene rings is 3. The van der Waals surface area contributed by atoms with Gasteiger partial charge in [-0.25, -0.2) is 9.78 Å². The molecule has 1 aromatic heterocycles. The van der Waals surface area contributed by atoms with Crippen LogP contribution in [-0.2, 0) is 0 Å². The van der Waals surface area contributed by atoms with Crippen molar-refractivity contribution in [3.05, 3.63) is 72.3 Å². The summed E-state index contributed by atoms with van der Waals surface area (Å²) in [6.07, 6.45) is -4.73. The van der Waals surface area contributed by atoms with Crippen LogP contribution in [0.15, 0.2) is 66.7 Å². The van der Waals surface area contributed by atoms with Crippen LogP contribution in [0.3, 0.4) is 0 Å². The third kappa shape index (κ3) is 3.91. The number of fused-ring (bicyclic) bond motifs is 1. The van der Waals surface area contributed by atoms with Crippen LogP contribution in [-0.4, -0.2) is 27.4 Å². The molecule has 0 spiro atoms. The molecule has 0 radical (unpaired) electrons. The number of nitrogens with zero attached hydrogens (tertiary/aromatic N) is 1. The number of aromatic nitrogens is 2. The van der Waals surface area contributed by atoms with Crippen LogP contribution in [0, 0.1) is 0 Å². The van der Waals surface area contributed by atoms with Crippen LogP contribution in [0.25, 0.3) is 33.5 Å². The van der Waals surface area contributed by atoms with Gasteiger partial charge in [0.25, 0.3) is 0 Å². The second-order valence-corrected chi connectivity index (χ2v) is 6.24. The lowest BCUT2D eigenvalue weighted by atomic mass is 10.0. The molecule has 29 heavy (non-hydrogen) atoms. The molecule has 0 fully saturated rings. The van der Waals surface area contributed by atoms with Gasteiger partial charge in [-0.3, -0.25) is 0 Å². The number of nitrogens with one attached hydrogen (secondary N) is 1. The van der Waals surface area contributed by atoms with Crippen molar-refractivity contribution >= 4 is 17.0 Å². The van der Waals surface area contributed by atoms with Crippen molar-refractivity contribution in [2.45, 2.75) is 6.36 Å². The van der Waals surface area contributed by atoms with E-state index in [4.69, 9.17) is 0 Å². The Morgan fingerprint density at radius 2 is 1.48 bits per heavy atom. The highest BCUT2D eigenvalue weighted by Gasteiger charge is 2.30. The molecule has 1 heterocycles. The number of carbonyl (C=O) groups is 1. The second kappa shape index (κ2) is 6.97. The van der Waals surface area contributed by atoms with Gasteiger partial charge in [0.05, 0.1) is 16.6 Å². The molecule has 3 aromatic carbocycles. The molecule has 2 N–H and O–H groups in total. The number of para-hydroxylation sites is 1. The van der Waals surface area contributed by atoms with Gasteiger partial charge in [0.15, 0.2) is 0 Å². The van der Waals surface area contributed by atoms with E-state index in [2.05, 4.69) is 14.7 Å². The number of H-pyrrole nitrogens is 1. The van der Waals surface area contributed by atoms with E-state index in [9.17, 15) is 23.1 Å². The smallest absolute Gasteiger partial charge is 0.478 e. The lowest BCUT2D eigenvalue weighted by Crippen LogP contribution is -2.16. The standard InChI is InChI=1S/C21H13F3N2O3/c22-21(23,24)29-15-10-8-13(9-11-15)12-4-6-14(7-5-12)19-25-17-3-1-2-16(20(27)28)18(17)26-19/h1-11H,(H,25,26)(H,27,28). The number of carboxylic acids is 1. The summed E-state index contributed by atoms with van der Waals surface area (Å²) in [4.78, 5) is 18.8. The Morgan fingerprint density at radius 3 is 2.07 bits per heavy atom. The molecule has 0 unspecified atom stereocenters. The van der Waals surface area contributed by atoms with Crippen LogP contribution < -0.4 is 4.74 Å². The molecule has 4 rings (SSSR count). The molecule has 0 amide bonds. The minimum Gasteiger partial charge on any atom is -0.478 e. The number of rotatable bonds is 4. The van der Waals surface area contributed by atoms with E-state index in [1.807, 2.05) is 0 Å². The van der Waals surface area contributed by atoms with E-state index < -0.39 is 12.3 Å². The van der Waals surface area contributed by atoms with Gasteiger partial charge in [0, 0.05) is 5.56 Å². The van der Waals surface area contributed by atoms with Crippen molar-refractivity contribution < 1.29 is 27.8 Å². The van der Waals surface area contributed by atoms with E-state index in [0.717, 1.165) is 16.7 Å². The fraction of sp³-hybridized carbons (Fsp3) is 0.0476. The van der Waals surface area contributed by atoms with Gasteiger partial charge < -0.3 is 14.8 Å². The van der Waals surface area contributed by atoms with Crippen molar-refractivity contribution in [2.75, 3.05) is 0 Å². The van der Waals surface area contributed by atoms with Crippen molar-refractivity contribution in [2.24, 2.45) is 0 Å². The Morgan fingerprint density at radius 1 is 0.897 bits per heavy atom. The van der Waals surface area contributed by atoms with E-state index in [1.165, 1.54) is 30.3 Å². The summed E-state index contributed by atoms with van der Waals surface area (Å²) in [5.41, 5.74) is 3.40. The second-order valence-electron chi connectivity index (χ2n) is 6.24. The molecule has 0 aliphatic carbocycles. The molecule has 0 saturated carbocycles. The molecule has 4 aromatic rings. The summed E-state index contributed by atoms with van der Waals surface area (Å²) in [7, 11) is 0. The van der Waals surface area contributed by atoms with Gasteiger partial charge in [-0.15, -0.1) is 13.2 Å². The number of carboxylic acid groups (broad SMARTS) is 1. The highest BCUT2D eigenvalue weighted by atomic mass is 19.4. The first kappa shape index (κ1) is 18.5. The van der Waals surface area contributed by atoms with Crippen molar-refractivity contribution in [1.82, 2.24) is 9.97 Å². The number of aromatic carboxylic acids is 1. The van der Waals surface area contributed by atoms with E-state index in [0.29, 0.717) is 16.9 Å². The van der Waals surface area contributed by atoms with Crippen molar-refractivity contribution in [3.8, 4) is 28.3 Å². The maximum Gasteiger partial charge on any atom is 0.573 e. The van der Waals surface area contributed by atoms with Crippen LogP contribution in [0.2, 0.25) is 0 Å².